The predicted molar refractivity (Wildman–Crippen MR) is 118 cm³/mol. The highest BCUT2D eigenvalue weighted by atomic mass is 16.2. The van der Waals surface area contributed by atoms with Crippen molar-refractivity contribution in [1.29, 1.82) is 0 Å². The molecule has 0 unspecified atom stereocenters. The van der Waals surface area contributed by atoms with Crippen LogP contribution in [0.2, 0.25) is 0 Å². The molecule has 1 aromatic carbocycles. The molecule has 0 radical (unpaired) electrons. The van der Waals surface area contributed by atoms with Gasteiger partial charge in [0.15, 0.2) is 0 Å². The number of hydrogen-bond acceptors (Lipinski definition) is 4. The quantitative estimate of drug-likeness (QED) is 0.574. The van der Waals surface area contributed by atoms with Gasteiger partial charge in [-0.2, -0.15) is 0 Å². The van der Waals surface area contributed by atoms with Crippen molar-refractivity contribution in [3.8, 4) is 0 Å². The normalized spacial score (nSPS) is 13.1. The number of benzene rings is 1. The van der Waals surface area contributed by atoms with Gasteiger partial charge < -0.3 is 14.4 Å². The Morgan fingerprint density at radius 1 is 1.14 bits per heavy atom. The number of anilines is 1. The Bertz CT molecular complexity index is 821. The molecule has 6 nitrogen and oxygen atoms in total. The fraction of sp³-hybridized carbons (Fsp3) is 0.435. The lowest BCUT2D eigenvalue weighted by Crippen LogP contribution is -2.34. The van der Waals surface area contributed by atoms with Crippen LogP contribution in [0.15, 0.2) is 54.2 Å². The van der Waals surface area contributed by atoms with Crippen molar-refractivity contribution in [2.45, 2.75) is 46.1 Å². The van der Waals surface area contributed by atoms with Gasteiger partial charge in [0.1, 0.15) is 6.67 Å². The molecule has 0 atom stereocenters. The molecule has 0 saturated heterocycles. The molecule has 1 amide bonds. The smallest absolute Gasteiger partial charge is 0.227 e. The number of aliphatic imine (C=N–C) groups is 1. The molecular formula is C23H31N5O. The summed E-state index contributed by atoms with van der Waals surface area (Å²) in [5.41, 5.74) is 3.38. The fourth-order valence-corrected chi connectivity index (χ4v) is 3.71. The molecule has 2 heterocycles. The van der Waals surface area contributed by atoms with Gasteiger partial charge in [0.05, 0.1) is 6.33 Å². The van der Waals surface area contributed by atoms with Crippen LogP contribution in [0.1, 0.15) is 36.8 Å². The first-order valence-corrected chi connectivity index (χ1v) is 10.4. The monoisotopic (exact) mass is 393 g/mol. The summed E-state index contributed by atoms with van der Waals surface area (Å²) in [7, 11) is 0. The number of nitrogens with zero attached hydrogens (tertiary/aromatic N) is 5. The summed E-state index contributed by atoms with van der Waals surface area (Å²) >= 11 is 0. The number of aryl methyl sites for hydroxylation is 3. The van der Waals surface area contributed by atoms with Gasteiger partial charge in [0, 0.05) is 56.6 Å². The number of allylic oxidation sites excluding steroid dienone is 1. The zero-order valence-corrected chi connectivity index (χ0v) is 17.5. The second kappa shape index (κ2) is 10.6. The zero-order valence-electron chi connectivity index (χ0n) is 17.5. The Hall–Kier alpha value is -2.89. The van der Waals surface area contributed by atoms with E-state index in [1.165, 1.54) is 0 Å². The summed E-state index contributed by atoms with van der Waals surface area (Å²) in [6, 6.07) is 6.23. The van der Waals surface area contributed by atoms with Crippen LogP contribution in [0.3, 0.4) is 0 Å². The number of imidazole rings is 1. The van der Waals surface area contributed by atoms with Gasteiger partial charge in [0.25, 0.3) is 0 Å². The SMILES string of the molecule is Cc1cccc(C)c1N(CCCCn1ccnc1)C(=O)CCCN1C=CC=NC1. The highest BCUT2D eigenvalue weighted by Crippen LogP contribution is 2.26. The van der Waals surface area contributed by atoms with Gasteiger partial charge in [-0.05, 0) is 50.3 Å². The van der Waals surface area contributed by atoms with Crippen LogP contribution >= 0.6 is 0 Å². The minimum Gasteiger partial charge on any atom is -0.358 e. The number of carbonyl (C=O) groups excluding carboxylic acids is 1. The summed E-state index contributed by atoms with van der Waals surface area (Å²) in [6.07, 6.45) is 14.8. The second-order valence-corrected chi connectivity index (χ2v) is 7.52. The van der Waals surface area contributed by atoms with Gasteiger partial charge in [0.2, 0.25) is 5.91 Å². The van der Waals surface area contributed by atoms with E-state index in [-0.39, 0.29) is 5.91 Å². The predicted octanol–water partition coefficient (Wildman–Crippen LogP) is 3.95. The third-order valence-corrected chi connectivity index (χ3v) is 5.21. The van der Waals surface area contributed by atoms with E-state index in [1.807, 2.05) is 35.9 Å². The molecule has 29 heavy (non-hydrogen) atoms. The maximum Gasteiger partial charge on any atom is 0.227 e. The van der Waals surface area contributed by atoms with Gasteiger partial charge in [-0.15, -0.1) is 0 Å². The van der Waals surface area contributed by atoms with Crippen LogP contribution < -0.4 is 4.90 Å². The van der Waals surface area contributed by atoms with Crippen LogP contribution in [-0.4, -0.2) is 46.3 Å². The van der Waals surface area contributed by atoms with E-state index in [2.05, 4.69) is 51.5 Å². The van der Waals surface area contributed by atoms with Gasteiger partial charge in [-0.1, -0.05) is 18.2 Å². The number of amides is 1. The average molecular weight is 394 g/mol. The van der Waals surface area contributed by atoms with E-state index in [9.17, 15) is 4.79 Å². The molecule has 0 bridgehead atoms. The number of unbranched alkanes of at least 4 members (excludes halogenated alkanes) is 1. The second-order valence-electron chi connectivity index (χ2n) is 7.52. The van der Waals surface area contributed by atoms with Crippen molar-refractivity contribution in [3.05, 3.63) is 60.3 Å². The third kappa shape index (κ3) is 6.04. The van der Waals surface area contributed by atoms with Crippen molar-refractivity contribution in [2.24, 2.45) is 4.99 Å². The molecule has 0 N–H and O–H groups in total. The summed E-state index contributed by atoms with van der Waals surface area (Å²) in [4.78, 5) is 25.6. The molecule has 1 aliphatic heterocycles. The Morgan fingerprint density at radius 2 is 1.97 bits per heavy atom. The minimum atomic E-state index is 0.203. The number of para-hydroxylation sites is 1. The van der Waals surface area contributed by atoms with E-state index in [1.54, 1.807) is 6.20 Å². The van der Waals surface area contributed by atoms with Crippen LogP contribution in [0.25, 0.3) is 0 Å². The van der Waals surface area contributed by atoms with Crippen molar-refractivity contribution in [3.63, 3.8) is 0 Å². The van der Waals surface area contributed by atoms with Crippen LogP contribution in [-0.2, 0) is 11.3 Å². The van der Waals surface area contributed by atoms with Crippen molar-refractivity contribution in [2.75, 3.05) is 24.7 Å². The Balaban J connectivity index is 1.59. The summed E-state index contributed by atoms with van der Waals surface area (Å²) < 4.78 is 2.08. The Labute approximate surface area is 173 Å². The van der Waals surface area contributed by atoms with Crippen molar-refractivity contribution >= 4 is 17.8 Å². The van der Waals surface area contributed by atoms with Crippen molar-refractivity contribution in [1.82, 2.24) is 14.5 Å². The molecule has 1 aliphatic rings. The van der Waals surface area contributed by atoms with Crippen molar-refractivity contribution < 1.29 is 4.79 Å². The molecule has 0 aliphatic carbocycles. The molecule has 1 aromatic heterocycles. The van der Waals surface area contributed by atoms with E-state index < -0.39 is 0 Å². The molecule has 6 heteroatoms. The summed E-state index contributed by atoms with van der Waals surface area (Å²) in [6.45, 7) is 7.37. The molecule has 0 spiro atoms. The first kappa shape index (κ1) is 20.8. The number of aromatic nitrogens is 2. The lowest BCUT2D eigenvalue weighted by molar-refractivity contribution is -0.118. The maximum atomic E-state index is 13.2. The molecule has 0 fully saturated rings. The topological polar surface area (TPSA) is 53.7 Å². The van der Waals surface area contributed by atoms with Crippen LogP contribution in [0.5, 0.6) is 0 Å². The number of rotatable bonds is 10. The van der Waals surface area contributed by atoms with Gasteiger partial charge in [-0.25, -0.2) is 4.98 Å². The van der Waals surface area contributed by atoms with Gasteiger partial charge in [-0.3, -0.25) is 9.79 Å². The lowest BCUT2D eigenvalue weighted by Gasteiger charge is -2.27. The van der Waals surface area contributed by atoms with Gasteiger partial charge >= 0.3 is 0 Å². The molecule has 0 saturated carbocycles. The lowest BCUT2D eigenvalue weighted by atomic mass is 10.1. The summed E-state index contributed by atoms with van der Waals surface area (Å²) in [5, 5.41) is 0. The van der Waals surface area contributed by atoms with Crippen LogP contribution in [0, 0.1) is 13.8 Å². The zero-order chi connectivity index (χ0) is 20.5. The Kier molecular flexibility index (Phi) is 7.61. The van der Waals surface area contributed by atoms with E-state index in [0.717, 1.165) is 55.7 Å². The standard InChI is InChI=1S/C23H31N5O/c1-20-8-5-9-21(2)23(20)28(16-4-3-13-27-17-12-25-19-27)22(29)10-6-14-26-15-7-11-24-18-26/h5,7-9,11-12,15,17,19H,3-4,6,10,13-14,16,18H2,1-2H3. The van der Waals surface area contributed by atoms with E-state index in [4.69, 9.17) is 0 Å². The highest BCUT2D eigenvalue weighted by molar-refractivity contribution is 5.94. The highest BCUT2D eigenvalue weighted by Gasteiger charge is 2.19. The fourth-order valence-electron chi connectivity index (χ4n) is 3.71. The van der Waals surface area contributed by atoms with Crippen LogP contribution in [0.4, 0.5) is 5.69 Å². The number of carbonyl (C=O) groups is 1. The summed E-state index contributed by atoms with van der Waals surface area (Å²) in [5.74, 6) is 0.203. The molecule has 3 rings (SSSR count). The number of hydrogen-bond donors (Lipinski definition) is 0. The average Bonchev–Trinajstić information content (AvgIpc) is 3.23. The third-order valence-electron chi connectivity index (χ3n) is 5.21. The first-order chi connectivity index (χ1) is 14.1. The maximum absolute atomic E-state index is 13.2. The molecule has 2 aromatic rings. The largest absolute Gasteiger partial charge is 0.358 e. The minimum absolute atomic E-state index is 0.203. The van der Waals surface area contributed by atoms with E-state index in [0.29, 0.717) is 13.1 Å². The molecular weight excluding hydrogens is 362 g/mol. The Morgan fingerprint density at radius 3 is 2.66 bits per heavy atom. The first-order valence-electron chi connectivity index (χ1n) is 10.4. The molecule has 154 valence electrons. The van der Waals surface area contributed by atoms with E-state index >= 15 is 0 Å².